The molecule has 0 fully saturated rings. The zero-order chi connectivity index (χ0) is 5.86. The van der Waals surface area contributed by atoms with Gasteiger partial charge in [0.05, 0.1) is 0 Å². The fourth-order valence-electron chi connectivity index (χ4n) is 0.164. The summed E-state index contributed by atoms with van der Waals surface area (Å²) in [6.07, 6.45) is 5.08. The van der Waals surface area contributed by atoms with Crippen LogP contribution in [-0.4, -0.2) is 0 Å². The number of hydrogen-bond donors (Lipinski definition) is 0. The second kappa shape index (κ2) is 2.69. The van der Waals surface area contributed by atoms with Crippen molar-refractivity contribution in [3.05, 3.63) is 6.92 Å². The fourth-order valence-corrected chi connectivity index (χ4v) is 0.164. The van der Waals surface area contributed by atoms with Crippen LogP contribution in [-0.2, 0) is 0 Å². The number of rotatable bonds is 1. The van der Waals surface area contributed by atoms with Crippen molar-refractivity contribution >= 4 is 0 Å². The Bertz CT molecular complexity index is 74.5. The maximum Gasteiger partial charge on any atom is 0.0197 e. The van der Waals surface area contributed by atoms with Crippen LogP contribution in [0.4, 0.5) is 0 Å². The topological polar surface area (TPSA) is 0 Å². The molecule has 0 aromatic heterocycles. The highest BCUT2D eigenvalue weighted by Crippen LogP contribution is 2.05. The molecule has 7 heavy (non-hydrogen) atoms. The number of terminal acetylenes is 1. The molecular formula is C7H11. The van der Waals surface area contributed by atoms with E-state index in [9.17, 15) is 0 Å². The summed E-state index contributed by atoms with van der Waals surface area (Å²) in [5.41, 5.74) is 0. The first-order valence-electron chi connectivity index (χ1n) is 2.47. The molecule has 0 saturated carbocycles. The highest BCUT2D eigenvalue weighted by atomic mass is 14.0. The summed E-state index contributed by atoms with van der Waals surface area (Å²) in [6, 6.07) is 0. The highest BCUT2D eigenvalue weighted by molar-refractivity contribution is 4.93. The Balaban J connectivity index is 3.40. The Morgan fingerprint density at radius 3 is 2.00 bits per heavy atom. The second-order valence-corrected chi connectivity index (χ2v) is 1.93. The molecule has 0 aliphatic carbocycles. The van der Waals surface area contributed by atoms with E-state index in [1.807, 2.05) is 13.8 Å². The monoisotopic (exact) mass is 95.1 g/mol. The molecule has 0 N–H and O–H groups in total. The molecule has 0 rings (SSSR count). The van der Waals surface area contributed by atoms with Crippen LogP contribution in [0.2, 0.25) is 0 Å². The van der Waals surface area contributed by atoms with Crippen molar-refractivity contribution in [2.24, 2.45) is 11.8 Å². The Kier molecular flexibility index (Phi) is 2.52. The van der Waals surface area contributed by atoms with E-state index >= 15 is 0 Å². The smallest absolute Gasteiger partial charge is 0.0197 e. The molecule has 0 aliphatic rings. The summed E-state index contributed by atoms with van der Waals surface area (Å²) in [6.45, 7) is 7.78. The summed E-state index contributed by atoms with van der Waals surface area (Å²) in [5, 5.41) is 0. The first-order valence-corrected chi connectivity index (χ1v) is 2.47. The van der Waals surface area contributed by atoms with Crippen LogP contribution < -0.4 is 0 Å². The molecule has 2 atom stereocenters. The second-order valence-electron chi connectivity index (χ2n) is 1.93. The van der Waals surface area contributed by atoms with Crippen LogP contribution >= 0.6 is 0 Å². The minimum absolute atomic E-state index is 0.319. The first kappa shape index (κ1) is 6.56. The molecule has 0 saturated heterocycles. The van der Waals surface area contributed by atoms with Crippen molar-refractivity contribution in [3.8, 4) is 12.3 Å². The van der Waals surface area contributed by atoms with Crippen LogP contribution in [0.3, 0.4) is 0 Å². The summed E-state index contributed by atoms with van der Waals surface area (Å²) in [4.78, 5) is 0. The fraction of sp³-hybridized carbons (Fsp3) is 0.571. The molecule has 0 nitrogen and oxygen atoms in total. The van der Waals surface area contributed by atoms with Gasteiger partial charge in [0.25, 0.3) is 0 Å². The van der Waals surface area contributed by atoms with E-state index in [2.05, 4.69) is 12.8 Å². The average Bonchev–Trinajstić information content (AvgIpc) is 1.65. The molecule has 0 spiro atoms. The Morgan fingerprint density at radius 1 is 1.57 bits per heavy atom. The van der Waals surface area contributed by atoms with Crippen molar-refractivity contribution in [2.75, 3.05) is 0 Å². The van der Waals surface area contributed by atoms with Gasteiger partial charge in [-0.15, -0.1) is 12.3 Å². The van der Waals surface area contributed by atoms with Gasteiger partial charge in [0.1, 0.15) is 0 Å². The van der Waals surface area contributed by atoms with Gasteiger partial charge in [0.2, 0.25) is 0 Å². The average molecular weight is 95.2 g/mol. The van der Waals surface area contributed by atoms with Gasteiger partial charge in [-0.3, -0.25) is 0 Å². The Labute approximate surface area is 45.9 Å². The molecule has 2 unspecified atom stereocenters. The third-order valence-electron chi connectivity index (χ3n) is 1.12. The Hall–Kier alpha value is -0.440. The van der Waals surface area contributed by atoms with E-state index in [1.54, 1.807) is 0 Å². The predicted molar refractivity (Wildman–Crippen MR) is 32.5 cm³/mol. The molecule has 0 amide bonds. The van der Waals surface area contributed by atoms with Crippen LogP contribution in [0.15, 0.2) is 0 Å². The molecule has 0 heteroatoms. The van der Waals surface area contributed by atoms with Gasteiger partial charge in [0.15, 0.2) is 0 Å². The first-order chi connectivity index (χ1) is 3.18. The summed E-state index contributed by atoms with van der Waals surface area (Å²) in [5.74, 6) is 3.30. The van der Waals surface area contributed by atoms with E-state index in [0.29, 0.717) is 11.8 Å². The lowest BCUT2D eigenvalue weighted by Crippen LogP contribution is -1.99. The van der Waals surface area contributed by atoms with E-state index in [0.717, 1.165) is 0 Å². The van der Waals surface area contributed by atoms with Crippen LogP contribution in [0.25, 0.3) is 0 Å². The summed E-state index contributed by atoms with van der Waals surface area (Å²) >= 11 is 0. The molecule has 0 bridgehead atoms. The molecule has 39 valence electrons. The van der Waals surface area contributed by atoms with Crippen LogP contribution in [0.1, 0.15) is 13.8 Å². The maximum absolute atomic E-state index is 5.08. The lowest BCUT2D eigenvalue weighted by Gasteiger charge is -2.04. The van der Waals surface area contributed by atoms with Crippen molar-refractivity contribution in [2.45, 2.75) is 13.8 Å². The molecule has 0 aromatic rings. The van der Waals surface area contributed by atoms with E-state index in [-0.39, 0.29) is 0 Å². The van der Waals surface area contributed by atoms with Crippen molar-refractivity contribution in [1.82, 2.24) is 0 Å². The van der Waals surface area contributed by atoms with E-state index in [4.69, 9.17) is 6.42 Å². The molecule has 1 radical (unpaired) electrons. The number of hydrogen-bond acceptors (Lipinski definition) is 0. The standard InChI is InChI=1S/C7H11/c1-5-7(4)6(2)3/h1,6-7H,2H2,3-4H3. The van der Waals surface area contributed by atoms with Gasteiger partial charge in [-0.25, -0.2) is 0 Å². The SMILES string of the molecule is C#CC(C)C([CH2])C. The summed E-state index contributed by atoms with van der Waals surface area (Å²) < 4.78 is 0. The van der Waals surface area contributed by atoms with Gasteiger partial charge in [-0.2, -0.15) is 0 Å². The lowest BCUT2D eigenvalue weighted by molar-refractivity contribution is 0.573. The normalized spacial score (nSPS) is 13.6. The molecule has 0 heterocycles. The zero-order valence-electron chi connectivity index (χ0n) is 4.94. The molecule has 0 aliphatic heterocycles. The maximum atomic E-state index is 5.08. The third-order valence-corrected chi connectivity index (χ3v) is 1.12. The van der Waals surface area contributed by atoms with Gasteiger partial charge >= 0.3 is 0 Å². The Morgan fingerprint density at radius 2 is 2.00 bits per heavy atom. The van der Waals surface area contributed by atoms with E-state index in [1.165, 1.54) is 0 Å². The minimum Gasteiger partial charge on any atom is -0.120 e. The lowest BCUT2D eigenvalue weighted by atomic mass is 10.00. The van der Waals surface area contributed by atoms with Gasteiger partial charge in [0, 0.05) is 5.92 Å². The van der Waals surface area contributed by atoms with Crippen LogP contribution in [0.5, 0.6) is 0 Å². The zero-order valence-corrected chi connectivity index (χ0v) is 4.94. The van der Waals surface area contributed by atoms with Crippen molar-refractivity contribution < 1.29 is 0 Å². The van der Waals surface area contributed by atoms with Crippen molar-refractivity contribution in [1.29, 1.82) is 0 Å². The van der Waals surface area contributed by atoms with Crippen LogP contribution in [0, 0.1) is 31.1 Å². The summed E-state index contributed by atoms with van der Waals surface area (Å²) in [7, 11) is 0. The molecular weight excluding hydrogens is 84.1 g/mol. The van der Waals surface area contributed by atoms with Gasteiger partial charge < -0.3 is 0 Å². The van der Waals surface area contributed by atoms with Gasteiger partial charge in [-0.05, 0) is 12.8 Å². The predicted octanol–water partition coefficient (Wildman–Crippen LogP) is 1.73. The largest absolute Gasteiger partial charge is 0.120 e. The van der Waals surface area contributed by atoms with Crippen molar-refractivity contribution in [3.63, 3.8) is 0 Å². The quantitative estimate of drug-likeness (QED) is 0.435. The third kappa shape index (κ3) is 2.28. The van der Waals surface area contributed by atoms with Gasteiger partial charge in [-0.1, -0.05) is 13.8 Å². The minimum atomic E-state index is 0.319. The molecule has 0 aromatic carbocycles. The van der Waals surface area contributed by atoms with E-state index < -0.39 is 0 Å². The highest BCUT2D eigenvalue weighted by Gasteiger charge is 1.99.